The van der Waals surface area contributed by atoms with Gasteiger partial charge in [-0.05, 0) is 49.2 Å². The van der Waals surface area contributed by atoms with E-state index in [4.69, 9.17) is 4.42 Å². The van der Waals surface area contributed by atoms with E-state index >= 15 is 0 Å². The van der Waals surface area contributed by atoms with E-state index in [2.05, 4.69) is 4.99 Å². The number of aryl methyl sites for hydroxylation is 1. The summed E-state index contributed by atoms with van der Waals surface area (Å²) in [5.41, 5.74) is 2.30. The standard InChI is InChI=1S/C23H21NO7S2.Na/c1-3-14-5-8-17-20(11-14)31-21-12-15(24-4-2)6-9-18(21)23(17)19-10-7-16(32(25,26)27)13-22(19)33(28,29)30;/h5-13H,3-4H2,1-2H3,(H,25,26,27)(H,28,29,30);/q;+1/p-2. The van der Waals surface area contributed by atoms with Crippen LogP contribution in [0.1, 0.15) is 19.4 Å². The zero-order valence-corrected chi connectivity index (χ0v) is 22.4. The molecule has 11 heteroatoms. The van der Waals surface area contributed by atoms with Gasteiger partial charge in [-0.15, -0.1) is 0 Å². The summed E-state index contributed by atoms with van der Waals surface area (Å²) in [6.45, 7) is 4.42. The maximum atomic E-state index is 12.1. The number of rotatable bonds is 5. The van der Waals surface area contributed by atoms with Crippen molar-refractivity contribution >= 4 is 31.2 Å². The maximum Gasteiger partial charge on any atom is 1.00 e. The van der Waals surface area contributed by atoms with Crippen LogP contribution in [0.4, 0.5) is 0 Å². The van der Waals surface area contributed by atoms with Crippen molar-refractivity contribution in [3.8, 4) is 22.5 Å². The van der Waals surface area contributed by atoms with Crippen LogP contribution in [0.15, 0.2) is 73.8 Å². The molecule has 0 atom stereocenters. The zero-order valence-electron chi connectivity index (χ0n) is 18.7. The van der Waals surface area contributed by atoms with Gasteiger partial charge >= 0.3 is 29.6 Å². The van der Waals surface area contributed by atoms with E-state index in [1.165, 1.54) is 6.07 Å². The monoisotopic (exact) mass is 508 g/mol. The summed E-state index contributed by atoms with van der Waals surface area (Å²) in [4.78, 5) is 2.77. The molecule has 34 heavy (non-hydrogen) atoms. The van der Waals surface area contributed by atoms with Crippen molar-refractivity contribution in [2.45, 2.75) is 30.1 Å². The largest absolute Gasteiger partial charge is 1.00 e. The van der Waals surface area contributed by atoms with Gasteiger partial charge in [0, 0.05) is 34.7 Å². The molecule has 2 aromatic carbocycles. The Bertz CT molecular complexity index is 1640. The van der Waals surface area contributed by atoms with Crippen molar-refractivity contribution < 1.29 is 59.9 Å². The first-order chi connectivity index (χ1) is 15.5. The first-order valence-electron chi connectivity index (χ1n) is 10.1. The van der Waals surface area contributed by atoms with Gasteiger partial charge in [-0.2, -0.15) is 0 Å². The Hall–Kier alpha value is -2.05. The van der Waals surface area contributed by atoms with Crippen LogP contribution in [-0.4, -0.2) is 32.5 Å². The molecule has 1 aliphatic heterocycles. The van der Waals surface area contributed by atoms with Crippen molar-refractivity contribution in [1.82, 2.24) is 0 Å². The van der Waals surface area contributed by atoms with E-state index in [0.717, 1.165) is 18.1 Å². The van der Waals surface area contributed by atoms with Gasteiger partial charge in [0.1, 0.15) is 31.6 Å². The van der Waals surface area contributed by atoms with Gasteiger partial charge in [0.15, 0.2) is 0 Å². The summed E-state index contributed by atoms with van der Waals surface area (Å²) in [6.07, 6.45) is 0.736. The molecular weight excluding hydrogens is 489 g/mol. The molecule has 1 aliphatic carbocycles. The van der Waals surface area contributed by atoms with Gasteiger partial charge < -0.3 is 13.5 Å². The molecule has 0 amide bonds. The second kappa shape index (κ2) is 9.90. The van der Waals surface area contributed by atoms with Crippen LogP contribution in [0.5, 0.6) is 0 Å². The minimum atomic E-state index is -5.13. The third kappa shape index (κ3) is 5.13. The second-order valence-electron chi connectivity index (χ2n) is 7.38. The molecule has 0 radical (unpaired) electrons. The normalized spacial score (nSPS) is 12.8. The molecule has 2 aromatic rings. The Kier molecular flexibility index (Phi) is 7.73. The molecule has 1 heterocycles. The molecule has 8 nitrogen and oxygen atoms in total. The third-order valence-corrected chi connectivity index (χ3v) is 7.01. The van der Waals surface area contributed by atoms with Gasteiger partial charge in [-0.1, -0.05) is 25.1 Å². The molecule has 0 aromatic heterocycles. The van der Waals surface area contributed by atoms with Gasteiger partial charge in [-0.25, -0.2) is 16.8 Å². The number of hydrogen-bond acceptors (Lipinski definition) is 8. The molecule has 2 aliphatic rings. The summed E-state index contributed by atoms with van der Waals surface area (Å²) in [5.74, 6) is 0.412. The summed E-state index contributed by atoms with van der Waals surface area (Å²) >= 11 is 0. The Morgan fingerprint density at radius 1 is 0.853 bits per heavy atom. The molecular formula is C23H19NNaO7S2-. The van der Waals surface area contributed by atoms with E-state index in [-0.39, 0.29) is 35.1 Å². The van der Waals surface area contributed by atoms with Crippen molar-refractivity contribution in [1.29, 1.82) is 0 Å². The van der Waals surface area contributed by atoms with Crippen molar-refractivity contribution in [3.05, 3.63) is 65.5 Å². The third-order valence-electron chi connectivity index (χ3n) is 5.30. The summed E-state index contributed by atoms with van der Waals surface area (Å²) in [5, 5.41) is 1.19. The summed E-state index contributed by atoms with van der Waals surface area (Å²) in [6, 6.07) is 13.4. The minimum Gasteiger partial charge on any atom is -0.744 e. The molecule has 4 rings (SSSR count). The van der Waals surface area contributed by atoms with Crippen molar-refractivity contribution in [3.63, 3.8) is 0 Å². The van der Waals surface area contributed by atoms with E-state index < -0.39 is 30.0 Å². The predicted octanol–water partition coefficient (Wildman–Crippen LogP) is 0.500. The molecule has 0 spiro atoms. The Morgan fingerprint density at radius 2 is 1.56 bits per heavy atom. The van der Waals surface area contributed by atoms with Crippen LogP contribution < -0.4 is 34.9 Å². The zero-order chi connectivity index (χ0) is 24.0. The summed E-state index contributed by atoms with van der Waals surface area (Å²) in [7, 11) is -10.1. The quantitative estimate of drug-likeness (QED) is 0.217. The molecule has 0 saturated heterocycles. The molecule has 0 unspecified atom stereocenters. The van der Waals surface area contributed by atoms with Crippen molar-refractivity contribution in [2.75, 3.05) is 6.54 Å². The van der Waals surface area contributed by atoms with Gasteiger partial charge in [0.2, 0.25) is 0 Å². The van der Waals surface area contributed by atoms with Crippen LogP contribution in [0.25, 0.3) is 33.4 Å². The average Bonchev–Trinajstić information content (AvgIpc) is 2.75. The molecule has 0 N–H and O–H groups in total. The number of hydrogen-bond donors (Lipinski definition) is 0. The van der Waals surface area contributed by atoms with E-state index in [9.17, 15) is 25.9 Å². The Balaban J connectivity index is 0.00000324. The number of benzene rings is 3. The first-order valence-corrected chi connectivity index (χ1v) is 12.9. The fourth-order valence-electron chi connectivity index (χ4n) is 3.79. The molecule has 172 valence electrons. The average molecular weight is 509 g/mol. The van der Waals surface area contributed by atoms with E-state index in [0.29, 0.717) is 45.8 Å². The van der Waals surface area contributed by atoms with Crippen LogP contribution in [0.2, 0.25) is 0 Å². The molecule has 0 bridgehead atoms. The summed E-state index contributed by atoms with van der Waals surface area (Å²) < 4.78 is 76.9. The van der Waals surface area contributed by atoms with Crippen LogP contribution >= 0.6 is 0 Å². The van der Waals surface area contributed by atoms with Gasteiger partial charge in [-0.3, -0.25) is 4.99 Å². The van der Waals surface area contributed by atoms with Gasteiger partial charge in [0.05, 0.1) is 15.1 Å². The smallest absolute Gasteiger partial charge is 0.744 e. The van der Waals surface area contributed by atoms with Gasteiger partial charge in [0.25, 0.3) is 0 Å². The fourth-order valence-corrected chi connectivity index (χ4v) is 5.07. The topological polar surface area (TPSA) is 140 Å². The van der Waals surface area contributed by atoms with E-state index in [1.54, 1.807) is 24.3 Å². The maximum absolute atomic E-state index is 12.1. The van der Waals surface area contributed by atoms with Crippen LogP contribution in [-0.2, 0) is 26.7 Å². The Labute approximate surface area is 219 Å². The molecule has 0 saturated carbocycles. The number of fused-ring (bicyclic) bond motifs is 2. The second-order valence-corrected chi connectivity index (χ2v) is 10.1. The Morgan fingerprint density at radius 3 is 2.18 bits per heavy atom. The van der Waals surface area contributed by atoms with Crippen LogP contribution in [0.3, 0.4) is 0 Å². The minimum absolute atomic E-state index is 0. The first kappa shape index (κ1) is 26.6. The fraction of sp³-hybridized carbons (Fsp3) is 0.174. The predicted molar refractivity (Wildman–Crippen MR) is 120 cm³/mol. The van der Waals surface area contributed by atoms with Crippen molar-refractivity contribution in [2.24, 2.45) is 4.99 Å². The molecule has 0 fully saturated rings. The number of nitrogens with zero attached hydrogens (tertiary/aromatic N) is 1. The van der Waals surface area contributed by atoms with E-state index in [1.807, 2.05) is 26.0 Å². The van der Waals surface area contributed by atoms with Crippen LogP contribution in [0, 0.1) is 0 Å². The SMILES string of the molecule is CCN=c1ccc2c(-c3ccc(S(=O)(=O)[O-])cc3S(=O)(=O)[O-])c3ccc(CC)cc3oc-2c1.[Na+].